The van der Waals surface area contributed by atoms with E-state index in [9.17, 15) is 4.79 Å². The maximum Gasteiger partial charge on any atom is 0.219 e. The molecular weight excluding hydrogens is 164 g/mol. The quantitative estimate of drug-likeness (QED) is 0.612. The molecule has 1 amide bonds. The van der Waals surface area contributed by atoms with Crippen LogP contribution in [0.5, 0.6) is 0 Å². The van der Waals surface area contributed by atoms with Crippen LogP contribution in [0.1, 0.15) is 45.4 Å². The Morgan fingerprint density at radius 3 is 2.77 bits per heavy atom. The third-order valence-corrected chi connectivity index (χ3v) is 1.79. The molecule has 0 saturated heterocycles. The zero-order valence-electron chi connectivity index (χ0n) is 8.31. The van der Waals surface area contributed by atoms with Crippen LogP contribution in [-0.4, -0.2) is 12.5 Å². The molecule has 0 unspecified atom stereocenters. The summed E-state index contributed by atoms with van der Waals surface area (Å²) >= 11 is 0. The molecule has 13 heavy (non-hydrogen) atoms. The lowest BCUT2D eigenvalue weighted by molar-refractivity contribution is -0.121. The van der Waals surface area contributed by atoms with Crippen LogP contribution in [-0.2, 0) is 4.79 Å². The lowest BCUT2D eigenvalue weighted by Gasteiger charge is -2.02. The Morgan fingerprint density at radius 1 is 1.38 bits per heavy atom. The molecule has 0 atom stereocenters. The van der Waals surface area contributed by atoms with Crippen LogP contribution in [0.4, 0.5) is 0 Å². The highest BCUT2D eigenvalue weighted by molar-refractivity contribution is 5.75. The summed E-state index contributed by atoms with van der Waals surface area (Å²) in [6.45, 7) is 2.75. The Hall–Kier alpha value is -1.04. The number of carbonyl (C=O) groups excluding carboxylic acids is 1. The number of carbonyl (C=O) groups is 1. The zero-order valence-corrected chi connectivity index (χ0v) is 8.31. The monoisotopic (exact) mass is 182 g/mol. The molecule has 0 aromatic rings. The molecule has 0 spiro atoms. The van der Waals surface area contributed by atoms with Gasteiger partial charge >= 0.3 is 0 Å². The average Bonchev–Trinajstić information content (AvgIpc) is 2.13. The van der Waals surface area contributed by atoms with Crippen molar-refractivity contribution in [3.05, 3.63) is 0 Å². The Morgan fingerprint density at radius 2 is 2.15 bits per heavy atom. The molecule has 0 saturated carbocycles. The zero-order chi connectivity index (χ0) is 9.94. The van der Waals surface area contributed by atoms with Gasteiger partial charge in [-0.1, -0.05) is 19.8 Å². The molecule has 3 heteroatoms. The molecule has 0 fully saturated rings. The van der Waals surface area contributed by atoms with Gasteiger partial charge in [0.2, 0.25) is 5.91 Å². The summed E-state index contributed by atoms with van der Waals surface area (Å²) in [6, 6.07) is 2.04. The predicted octanol–water partition coefficient (Wildman–Crippen LogP) is 1.99. The number of amides is 1. The van der Waals surface area contributed by atoms with Crippen molar-refractivity contribution in [2.24, 2.45) is 0 Å². The fraction of sp³-hybridized carbons (Fsp3) is 0.800. The van der Waals surface area contributed by atoms with Crippen molar-refractivity contribution in [1.29, 1.82) is 5.26 Å². The highest BCUT2D eigenvalue weighted by Gasteiger charge is 1.98. The minimum atomic E-state index is 0.117. The number of rotatable bonds is 7. The number of nitrogens with zero attached hydrogens (tertiary/aromatic N) is 1. The van der Waals surface area contributed by atoms with E-state index in [1.807, 2.05) is 6.07 Å². The molecule has 0 radical (unpaired) electrons. The van der Waals surface area contributed by atoms with Crippen LogP contribution < -0.4 is 5.32 Å². The lowest BCUT2D eigenvalue weighted by atomic mass is 10.2. The second kappa shape index (κ2) is 9.05. The van der Waals surface area contributed by atoms with Crippen molar-refractivity contribution >= 4 is 5.91 Å². The van der Waals surface area contributed by atoms with E-state index in [-0.39, 0.29) is 5.91 Å². The molecule has 0 bridgehead atoms. The standard InChI is InChI=1S/C10H18N2O/c1-2-3-4-7-10(13)12-9-6-5-8-11/h2-7,9H2,1H3,(H,12,13). The van der Waals surface area contributed by atoms with Gasteiger partial charge in [0.05, 0.1) is 6.07 Å². The molecule has 0 heterocycles. The van der Waals surface area contributed by atoms with Gasteiger partial charge in [0.1, 0.15) is 0 Å². The fourth-order valence-corrected chi connectivity index (χ4v) is 1.02. The summed E-state index contributed by atoms with van der Waals surface area (Å²) in [5.41, 5.74) is 0. The van der Waals surface area contributed by atoms with E-state index < -0.39 is 0 Å². The third kappa shape index (κ3) is 8.87. The molecular formula is C10H18N2O. The van der Waals surface area contributed by atoms with Gasteiger partial charge in [-0.05, 0) is 12.8 Å². The summed E-state index contributed by atoms with van der Waals surface area (Å²) in [5.74, 6) is 0.117. The van der Waals surface area contributed by atoms with E-state index in [0.29, 0.717) is 19.4 Å². The number of nitriles is 1. The Bertz CT molecular complexity index is 172. The highest BCUT2D eigenvalue weighted by Crippen LogP contribution is 1.98. The Labute approximate surface area is 80.1 Å². The summed E-state index contributed by atoms with van der Waals surface area (Å²) < 4.78 is 0. The molecule has 0 aliphatic carbocycles. The number of hydrogen-bond acceptors (Lipinski definition) is 2. The van der Waals surface area contributed by atoms with Gasteiger partial charge in [0, 0.05) is 19.4 Å². The number of hydrogen-bond donors (Lipinski definition) is 1. The van der Waals surface area contributed by atoms with Crippen molar-refractivity contribution in [1.82, 2.24) is 5.32 Å². The van der Waals surface area contributed by atoms with E-state index in [1.54, 1.807) is 0 Å². The Balaban J connectivity index is 3.16. The Kier molecular flexibility index (Phi) is 8.33. The van der Waals surface area contributed by atoms with Crippen LogP contribution >= 0.6 is 0 Å². The van der Waals surface area contributed by atoms with Gasteiger partial charge in [-0.15, -0.1) is 0 Å². The topological polar surface area (TPSA) is 52.9 Å². The first-order chi connectivity index (χ1) is 6.31. The van der Waals surface area contributed by atoms with Gasteiger partial charge in [-0.2, -0.15) is 5.26 Å². The van der Waals surface area contributed by atoms with E-state index in [0.717, 1.165) is 25.7 Å². The number of nitrogens with one attached hydrogen (secondary N) is 1. The van der Waals surface area contributed by atoms with Gasteiger partial charge in [-0.3, -0.25) is 4.79 Å². The lowest BCUT2D eigenvalue weighted by Crippen LogP contribution is -2.23. The molecule has 0 aromatic heterocycles. The van der Waals surface area contributed by atoms with Crippen molar-refractivity contribution in [2.45, 2.75) is 45.4 Å². The summed E-state index contributed by atoms with van der Waals surface area (Å²) in [4.78, 5) is 11.1. The second-order valence-electron chi connectivity index (χ2n) is 3.07. The first-order valence-electron chi connectivity index (χ1n) is 4.95. The van der Waals surface area contributed by atoms with Crippen LogP contribution in [0.2, 0.25) is 0 Å². The first-order valence-corrected chi connectivity index (χ1v) is 4.95. The third-order valence-electron chi connectivity index (χ3n) is 1.79. The first kappa shape index (κ1) is 12.0. The molecule has 0 aromatic carbocycles. The molecule has 74 valence electrons. The van der Waals surface area contributed by atoms with Crippen molar-refractivity contribution < 1.29 is 4.79 Å². The predicted molar refractivity (Wildman–Crippen MR) is 52.0 cm³/mol. The van der Waals surface area contributed by atoms with E-state index >= 15 is 0 Å². The highest BCUT2D eigenvalue weighted by atomic mass is 16.1. The van der Waals surface area contributed by atoms with E-state index in [4.69, 9.17) is 5.26 Å². The number of unbranched alkanes of at least 4 members (excludes halogenated alkanes) is 3. The smallest absolute Gasteiger partial charge is 0.219 e. The van der Waals surface area contributed by atoms with Crippen LogP contribution in [0.15, 0.2) is 0 Å². The van der Waals surface area contributed by atoms with Gasteiger partial charge in [0.25, 0.3) is 0 Å². The summed E-state index contributed by atoms with van der Waals surface area (Å²) in [5, 5.41) is 11.0. The molecule has 1 N–H and O–H groups in total. The van der Waals surface area contributed by atoms with Gasteiger partial charge in [0.15, 0.2) is 0 Å². The summed E-state index contributed by atoms with van der Waals surface area (Å²) in [7, 11) is 0. The largest absolute Gasteiger partial charge is 0.356 e. The van der Waals surface area contributed by atoms with Crippen LogP contribution in [0, 0.1) is 11.3 Å². The normalized spacial score (nSPS) is 9.23. The molecule has 0 aliphatic rings. The minimum absolute atomic E-state index is 0.117. The van der Waals surface area contributed by atoms with Gasteiger partial charge < -0.3 is 5.32 Å². The van der Waals surface area contributed by atoms with Gasteiger partial charge in [-0.25, -0.2) is 0 Å². The molecule has 3 nitrogen and oxygen atoms in total. The SMILES string of the molecule is CCCCCC(=O)NCCCC#N. The fourth-order valence-electron chi connectivity index (χ4n) is 1.02. The maximum atomic E-state index is 11.1. The van der Waals surface area contributed by atoms with Crippen molar-refractivity contribution in [3.63, 3.8) is 0 Å². The maximum absolute atomic E-state index is 11.1. The van der Waals surface area contributed by atoms with Crippen molar-refractivity contribution in [3.8, 4) is 6.07 Å². The average molecular weight is 182 g/mol. The molecule has 0 rings (SSSR count). The molecule has 0 aliphatic heterocycles. The van der Waals surface area contributed by atoms with Crippen molar-refractivity contribution in [2.75, 3.05) is 6.54 Å². The van der Waals surface area contributed by atoms with Crippen LogP contribution in [0.25, 0.3) is 0 Å². The van der Waals surface area contributed by atoms with Crippen LogP contribution in [0.3, 0.4) is 0 Å². The van der Waals surface area contributed by atoms with E-state index in [1.165, 1.54) is 0 Å². The second-order valence-corrected chi connectivity index (χ2v) is 3.07. The summed E-state index contributed by atoms with van der Waals surface area (Å²) in [6.07, 6.45) is 5.14. The van der Waals surface area contributed by atoms with E-state index in [2.05, 4.69) is 12.2 Å². The minimum Gasteiger partial charge on any atom is -0.356 e.